The number of carbonyl (C=O) groups is 1. The number of aliphatic hydroxyl groups excluding tert-OH is 1. The van der Waals surface area contributed by atoms with Gasteiger partial charge < -0.3 is 15.2 Å². The lowest BCUT2D eigenvalue weighted by atomic mass is 9.91. The predicted molar refractivity (Wildman–Crippen MR) is 70.5 cm³/mol. The SMILES string of the molecule is O=C(NC12CCC(CC1O)C2)OCc1ccccc1. The molecule has 19 heavy (non-hydrogen) atoms. The van der Waals surface area contributed by atoms with Crippen LogP contribution in [0.5, 0.6) is 0 Å². The maximum Gasteiger partial charge on any atom is 0.407 e. The smallest absolute Gasteiger partial charge is 0.407 e. The maximum atomic E-state index is 11.9. The van der Waals surface area contributed by atoms with Gasteiger partial charge >= 0.3 is 6.09 Å². The maximum absolute atomic E-state index is 11.9. The Morgan fingerprint density at radius 3 is 2.84 bits per heavy atom. The second-order valence-corrected chi connectivity index (χ2v) is 5.70. The van der Waals surface area contributed by atoms with Gasteiger partial charge in [0, 0.05) is 0 Å². The zero-order valence-electron chi connectivity index (χ0n) is 10.8. The molecule has 102 valence electrons. The number of hydrogen-bond donors (Lipinski definition) is 2. The van der Waals surface area contributed by atoms with Crippen molar-refractivity contribution in [3.8, 4) is 0 Å². The fourth-order valence-corrected chi connectivity index (χ4v) is 3.39. The first kappa shape index (κ1) is 12.5. The number of carbonyl (C=O) groups excluding carboxylic acids is 1. The molecule has 2 fully saturated rings. The van der Waals surface area contributed by atoms with Crippen molar-refractivity contribution in [1.82, 2.24) is 5.32 Å². The van der Waals surface area contributed by atoms with Gasteiger partial charge in [-0.15, -0.1) is 0 Å². The second kappa shape index (κ2) is 4.85. The highest BCUT2D eigenvalue weighted by Crippen LogP contribution is 2.47. The standard InChI is InChI=1S/C15H19NO3/c17-13-8-12-6-7-15(13,9-12)16-14(18)19-10-11-4-2-1-3-5-11/h1-5,12-13,17H,6-10H2,(H,16,18). The van der Waals surface area contributed by atoms with Gasteiger partial charge in [0.25, 0.3) is 0 Å². The summed E-state index contributed by atoms with van der Waals surface area (Å²) < 4.78 is 5.22. The van der Waals surface area contributed by atoms with Crippen molar-refractivity contribution in [2.45, 2.75) is 43.9 Å². The van der Waals surface area contributed by atoms with Gasteiger partial charge in [0.05, 0.1) is 11.6 Å². The molecule has 1 aromatic carbocycles. The highest BCUT2D eigenvalue weighted by Gasteiger charge is 2.52. The highest BCUT2D eigenvalue weighted by atomic mass is 16.5. The molecule has 0 heterocycles. The van der Waals surface area contributed by atoms with Gasteiger partial charge in [0.1, 0.15) is 6.61 Å². The van der Waals surface area contributed by atoms with Crippen LogP contribution in [-0.2, 0) is 11.3 Å². The molecule has 0 aromatic heterocycles. The van der Waals surface area contributed by atoms with E-state index in [-0.39, 0.29) is 6.61 Å². The van der Waals surface area contributed by atoms with E-state index < -0.39 is 17.7 Å². The molecule has 4 nitrogen and oxygen atoms in total. The third-order valence-electron chi connectivity index (χ3n) is 4.41. The predicted octanol–water partition coefficient (Wildman–Crippen LogP) is 2.22. The minimum atomic E-state index is -0.432. The Balaban J connectivity index is 1.54. The minimum absolute atomic E-state index is 0.266. The molecular formula is C15H19NO3. The van der Waals surface area contributed by atoms with Gasteiger partial charge in [-0.3, -0.25) is 0 Å². The molecule has 2 aliphatic rings. The number of rotatable bonds is 3. The first-order valence-corrected chi connectivity index (χ1v) is 6.85. The molecule has 1 amide bonds. The van der Waals surface area contributed by atoms with Crippen LogP contribution in [0, 0.1) is 5.92 Å². The lowest BCUT2D eigenvalue weighted by molar-refractivity contribution is 0.0599. The van der Waals surface area contributed by atoms with Crippen molar-refractivity contribution in [3.05, 3.63) is 35.9 Å². The molecule has 2 aliphatic carbocycles. The third-order valence-corrected chi connectivity index (χ3v) is 4.41. The molecule has 0 spiro atoms. The minimum Gasteiger partial charge on any atom is -0.445 e. The molecule has 3 rings (SSSR count). The summed E-state index contributed by atoms with van der Waals surface area (Å²) in [6.07, 6.45) is 2.80. The monoisotopic (exact) mass is 261 g/mol. The van der Waals surface area contributed by atoms with E-state index in [0.717, 1.165) is 31.2 Å². The van der Waals surface area contributed by atoms with Crippen molar-refractivity contribution in [2.75, 3.05) is 0 Å². The van der Waals surface area contributed by atoms with Crippen LogP contribution >= 0.6 is 0 Å². The fraction of sp³-hybridized carbons (Fsp3) is 0.533. The van der Waals surface area contributed by atoms with Crippen molar-refractivity contribution in [3.63, 3.8) is 0 Å². The fourth-order valence-electron chi connectivity index (χ4n) is 3.39. The van der Waals surface area contributed by atoms with E-state index in [1.807, 2.05) is 30.3 Å². The molecule has 2 bridgehead atoms. The Kier molecular flexibility index (Phi) is 3.19. The molecular weight excluding hydrogens is 242 g/mol. The average molecular weight is 261 g/mol. The van der Waals surface area contributed by atoms with Crippen molar-refractivity contribution in [1.29, 1.82) is 0 Å². The summed E-state index contributed by atoms with van der Waals surface area (Å²) in [7, 11) is 0. The van der Waals surface area contributed by atoms with E-state index >= 15 is 0 Å². The number of benzene rings is 1. The van der Waals surface area contributed by atoms with Crippen LogP contribution in [0.3, 0.4) is 0 Å². The molecule has 3 atom stereocenters. The van der Waals surface area contributed by atoms with Crippen LogP contribution in [0.1, 0.15) is 31.2 Å². The van der Waals surface area contributed by atoms with Crippen LogP contribution < -0.4 is 5.32 Å². The van der Waals surface area contributed by atoms with Crippen LogP contribution in [-0.4, -0.2) is 22.8 Å². The molecule has 4 heteroatoms. The number of aliphatic hydroxyl groups is 1. The van der Waals surface area contributed by atoms with Gasteiger partial charge in [0.15, 0.2) is 0 Å². The molecule has 2 N–H and O–H groups in total. The van der Waals surface area contributed by atoms with Gasteiger partial charge in [-0.2, -0.15) is 0 Å². The number of hydrogen-bond acceptors (Lipinski definition) is 3. The summed E-state index contributed by atoms with van der Waals surface area (Å²) in [6.45, 7) is 0.266. The lowest BCUT2D eigenvalue weighted by Crippen LogP contribution is -2.53. The quantitative estimate of drug-likeness (QED) is 0.877. The summed E-state index contributed by atoms with van der Waals surface area (Å²) in [6, 6.07) is 9.59. The zero-order valence-corrected chi connectivity index (χ0v) is 10.8. The average Bonchev–Trinajstić information content (AvgIpc) is 2.94. The highest BCUT2D eigenvalue weighted by molar-refractivity contribution is 5.68. The van der Waals surface area contributed by atoms with E-state index in [1.165, 1.54) is 0 Å². The Morgan fingerprint density at radius 1 is 1.42 bits per heavy atom. The summed E-state index contributed by atoms with van der Waals surface area (Å²) in [4.78, 5) is 11.9. The molecule has 2 saturated carbocycles. The van der Waals surface area contributed by atoms with E-state index in [1.54, 1.807) is 0 Å². The Hall–Kier alpha value is -1.55. The Bertz CT molecular complexity index is 462. The molecule has 3 unspecified atom stereocenters. The van der Waals surface area contributed by atoms with Gasteiger partial charge in [-0.05, 0) is 37.2 Å². The second-order valence-electron chi connectivity index (χ2n) is 5.70. The van der Waals surface area contributed by atoms with E-state index in [4.69, 9.17) is 4.74 Å². The Labute approximate surface area is 112 Å². The van der Waals surface area contributed by atoms with Crippen LogP contribution in [0.4, 0.5) is 4.79 Å². The summed E-state index contributed by atoms with van der Waals surface area (Å²) >= 11 is 0. The largest absolute Gasteiger partial charge is 0.445 e. The van der Waals surface area contributed by atoms with Crippen LogP contribution in [0.2, 0.25) is 0 Å². The van der Waals surface area contributed by atoms with Crippen LogP contribution in [0.25, 0.3) is 0 Å². The third kappa shape index (κ3) is 2.45. The Morgan fingerprint density at radius 2 is 2.21 bits per heavy atom. The lowest BCUT2D eigenvalue weighted by Gasteiger charge is -2.32. The zero-order chi connectivity index (χ0) is 13.3. The van der Waals surface area contributed by atoms with Gasteiger partial charge in [0.2, 0.25) is 0 Å². The van der Waals surface area contributed by atoms with E-state index in [9.17, 15) is 9.90 Å². The molecule has 1 aromatic rings. The normalized spacial score (nSPS) is 32.3. The summed E-state index contributed by atoms with van der Waals surface area (Å²) in [5.41, 5.74) is 0.532. The molecule has 0 aliphatic heterocycles. The number of alkyl carbamates (subject to hydrolysis) is 1. The van der Waals surface area contributed by atoms with Gasteiger partial charge in [-0.1, -0.05) is 30.3 Å². The van der Waals surface area contributed by atoms with Crippen molar-refractivity contribution >= 4 is 6.09 Å². The first-order chi connectivity index (χ1) is 9.18. The number of amides is 1. The number of fused-ring (bicyclic) bond motifs is 2. The molecule has 0 radical (unpaired) electrons. The number of ether oxygens (including phenoxy) is 1. The van der Waals surface area contributed by atoms with Gasteiger partial charge in [-0.25, -0.2) is 4.79 Å². The van der Waals surface area contributed by atoms with Crippen LogP contribution in [0.15, 0.2) is 30.3 Å². The van der Waals surface area contributed by atoms with E-state index in [2.05, 4.69) is 5.32 Å². The summed E-state index contributed by atoms with van der Waals surface area (Å²) in [5, 5.41) is 12.9. The van der Waals surface area contributed by atoms with Crippen molar-refractivity contribution in [2.24, 2.45) is 5.92 Å². The summed E-state index contributed by atoms with van der Waals surface area (Å²) in [5.74, 6) is 0.560. The van der Waals surface area contributed by atoms with Crippen molar-refractivity contribution < 1.29 is 14.6 Å². The topological polar surface area (TPSA) is 58.6 Å². The first-order valence-electron chi connectivity index (χ1n) is 6.85. The number of nitrogens with one attached hydrogen (secondary N) is 1. The van der Waals surface area contributed by atoms with E-state index in [0.29, 0.717) is 5.92 Å². The molecule has 0 saturated heterocycles.